The number of rotatable bonds is 6. The number of thiazole rings is 1. The molecular weight excluding hydrogens is 424 g/mol. The number of hydrogen-bond acceptors (Lipinski definition) is 9. The zero-order valence-corrected chi connectivity index (χ0v) is 18.6. The molecule has 1 saturated heterocycles. The molecule has 0 spiro atoms. The molecule has 1 fully saturated rings. The van der Waals surface area contributed by atoms with Crippen molar-refractivity contribution in [2.24, 2.45) is 4.99 Å². The van der Waals surface area contributed by atoms with Crippen molar-refractivity contribution < 1.29 is 9.47 Å². The number of benzene rings is 1. The number of nitrogens with zero attached hydrogens (tertiary/aromatic N) is 4. The molecule has 3 aromatic rings. The number of morpholine rings is 1. The summed E-state index contributed by atoms with van der Waals surface area (Å²) < 4.78 is 11.8. The summed E-state index contributed by atoms with van der Waals surface area (Å²) in [5.41, 5.74) is 1.71. The molecule has 2 aliphatic heterocycles. The molecule has 1 unspecified atom stereocenters. The van der Waals surface area contributed by atoms with Gasteiger partial charge in [0, 0.05) is 31.6 Å². The first-order valence-electron chi connectivity index (χ1n) is 10.9. The number of pyridine rings is 1. The van der Waals surface area contributed by atoms with Gasteiger partial charge in [-0.2, -0.15) is 0 Å². The second-order valence-corrected chi connectivity index (χ2v) is 8.48. The monoisotopic (exact) mass is 450 g/mol. The van der Waals surface area contributed by atoms with Crippen molar-refractivity contribution in [3.05, 3.63) is 53.9 Å². The first kappa shape index (κ1) is 20.7. The fourth-order valence-corrected chi connectivity index (χ4v) is 4.35. The van der Waals surface area contributed by atoms with Gasteiger partial charge in [0.05, 0.1) is 12.3 Å². The Hall–Kier alpha value is -3.17. The van der Waals surface area contributed by atoms with Crippen molar-refractivity contribution in [1.29, 1.82) is 0 Å². The van der Waals surface area contributed by atoms with Gasteiger partial charge in [0.2, 0.25) is 0 Å². The second-order valence-electron chi connectivity index (χ2n) is 7.62. The molecule has 9 heteroatoms. The van der Waals surface area contributed by atoms with Crippen LogP contribution in [-0.4, -0.2) is 61.4 Å². The van der Waals surface area contributed by atoms with Gasteiger partial charge in [-0.05, 0) is 30.7 Å². The Balaban J connectivity index is 1.23. The number of guanidine groups is 1. The highest BCUT2D eigenvalue weighted by Gasteiger charge is 2.22. The summed E-state index contributed by atoms with van der Waals surface area (Å²) in [6.07, 6.45) is 1.06. The third-order valence-electron chi connectivity index (χ3n) is 5.27. The van der Waals surface area contributed by atoms with Gasteiger partial charge in [0.15, 0.2) is 11.1 Å². The topological polar surface area (TPSA) is 83.9 Å². The van der Waals surface area contributed by atoms with E-state index in [0.717, 1.165) is 66.6 Å². The molecule has 0 bridgehead atoms. The molecule has 2 aliphatic rings. The zero-order chi connectivity index (χ0) is 21.6. The van der Waals surface area contributed by atoms with Crippen molar-refractivity contribution >= 4 is 28.2 Å². The minimum absolute atomic E-state index is 0.00624. The maximum atomic E-state index is 5.91. The third-order valence-corrected chi connectivity index (χ3v) is 6.02. The van der Waals surface area contributed by atoms with Crippen LogP contribution in [0.1, 0.15) is 6.42 Å². The molecule has 0 radical (unpaired) electrons. The Morgan fingerprint density at radius 1 is 1.12 bits per heavy atom. The second kappa shape index (κ2) is 9.97. The highest BCUT2D eigenvalue weighted by molar-refractivity contribution is 7.14. The van der Waals surface area contributed by atoms with Crippen LogP contribution in [0.5, 0.6) is 5.75 Å². The van der Waals surface area contributed by atoms with Gasteiger partial charge in [-0.3, -0.25) is 4.99 Å². The predicted molar refractivity (Wildman–Crippen MR) is 128 cm³/mol. The molecule has 0 saturated carbocycles. The molecule has 2 N–H and O–H groups in total. The molecule has 2 aromatic heterocycles. The minimum Gasteiger partial charge on any atom is -0.491 e. The summed E-state index contributed by atoms with van der Waals surface area (Å²) in [4.78, 5) is 16.3. The number of para-hydroxylation sites is 1. The van der Waals surface area contributed by atoms with Gasteiger partial charge in [-0.1, -0.05) is 24.3 Å². The van der Waals surface area contributed by atoms with Crippen molar-refractivity contribution in [3.63, 3.8) is 0 Å². The van der Waals surface area contributed by atoms with Crippen LogP contribution in [0.4, 0.5) is 10.9 Å². The average Bonchev–Trinajstić information content (AvgIpc) is 3.33. The standard InChI is InChI=1S/C23H26N6O2S/c1-2-6-17(7-3-1)31-15-18-14-29(12-13-30-18)21-9-4-8-19(26-21)20-16-32-23(27-20)28-22-24-10-5-11-25-22/h1-4,6-9,16,18H,5,10-15H2,(H2,24,25,27,28). The lowest BCUT2D eigenvalue weighted by atomic mass is 10.2. The van der Waals surface area contributed by atoms with E-state index in [0.29, 0.717) is 13.2 Å². The quantitative estimate of drug-likeness (QED) is 0.596. The number of nitrogens with one attached hydrogen (secondary N) is 2. The van der Waals surface area contributed by atoms with E-state index in [1.165, 1.54) is 0 Å². The van der Waals surface area contributed by atoms with E-state index in [2.05, 4.69) is 20.5 Å². The van der Waals surface area contributed by atoms with E-state index in [4.69, 9.17) is 19.4 Å². The maximum Gasteiger partial charge on any atom is 0.197 e. The molecule has 0 aliphatic carbocycles. The Morgan fingerprint density at radius 3 is 2.94 bits per heavy atom. The first-order valence-corrected chi connectivity index (χ1v) is 11.7. The van der Waals surface area contributed by atoms with Gasteiger partial charge in [-0.15, -0.1) is 11.3 Å². The van der Waals surface area contributed by atoms with Crippen LogP contribution in [0.25, 0.3) is 11.4 Å². The maximum absolute atomic E-state index is 5.91. The van der Waals surface area contributed by atoms with Crippen LogP contribution in [0.3, 0.4) is 0 Å². The van der Waals surface area contributed by atoms with Crippen LogP contribution < -0.4 is 20.3 Å². The van der Waals surface area contributed by atoms with Crippen LogP contribution >= 0.6 is 11.3 Å². The Bertz CT molecular complexity index is 1060. The molecule has 8 nitrogen and oxygen atoms in total. The van der Waals surface area contributed by atoms with Crippen molar-refractivity contribution in [1.82, 2.24) is 15.3 Å². The van der Waals surface area contributed by atoms with Crippen LogP contribution in [0.2, 0.25) is 0 Å². The van der Waals surface area contributed by atoms with Crippen LogP contribution in [0, 0.1) is 0 Å². The third kappa shape index (κ3) is 5.17. The smallest absolute Gasteiger partial charge is 0.197 e. The SMILES string of the molecule is c1ccc(OCC2CN(c3cccc(-c4csc(NC5=NCCCN5)n4)n3)CCO2)cc1. The van der Waals surface area contributed by atoms with Gasteiger partial charge < -0.3 is 25.0 Å². The summed E-state index contributed by atoms with van der Waals surface area (Å²) in [7, 11) is 0. The van der Waals surface area contributed by atoms with E-state index in [9.17, 15) is 0 Å². The average molecular weight is 451 g/mol. The Kier molecular flexibility index (Phi) is 6.45. The van der Waals surface area contributed by atoms with Crippen molar-refractivity contribution in [2.75, 3.05) is 49.6 Å². The summed E-state index contributed by atoms with van der Waals surface area (Å²) >= 11 is 1.55. The van der Waals surface area contributed by atoms with Crippen molar-refractivity contribution in [3.8, 4) is 17.1 Å². The molecule has 32 heavy (non-hydrogen) atoms. The number of anilines is 2. The van der Waals surface area contributed by atoms with E-state index >= 15 is 0 Å². The zero-order valence-electron chi connectivity index (χ0n) is 17.7. The largest absolute Gasteiger partial charge is 0.491 e. The summed E-state index contributed by atoms with van der Waals surface area (Å²) in [6.45, 7) is 4.47. The van der Waals surface area contributed by atoms with Gasteiger partial charge in [0.1, 0.15) is 30.0 Å². The van der Waals surface area contributed by atoms with Crippen LogP contribution in [-0.2, 0) is 4.74 Å². The van der Waals surface area contributed by atoms with E-state index in [1.807, 2.05) is 53.9 Å². The normalized spacial score (nSPS) is 18.6. The fourth-order valence-electron chi connectivity index (χ4n) is 3.64. The molecule has 1 atom stereocenters. The Morgan fingerprint density at radius 2 is 2.06 bits per heavy atom. The van der Waals surface area contributed by atoms with E-state index < -0.39 is 0 Å². The Labute approximate surface area is 191 Å². The first-order chi connectivity index (χ1) is 15.8. The minimum atomic E-state index is -0.00624. The predicted octanol–water partition coefficient (Wildman–Crippen LogP) is 3.25. The number of aliphatic imine (C=N–C) groups is 1. The summed E-state index contributed by atoms with van der Waals surface area (Å²) in [5.74, 6) is 2.57. The lowest BCUT2D eigenvalue weighted by Gasteiger charge is -2.33. The van der Waals surface area contributed by atoms with Gasteiger partial charge >= 0.3 is 0 Å². The summed E-state index contributed by atoms with van der Waals surface area (Å²) in [6, 6.07) is 15.9. The van der Waals surface area contributed by atoms with Gasteiger partial charge in [0.25, 0.3) is 0 Å². The molecule has 5 rings (SSSR count). The number of aromatic nitrogens is 2. The lowest BCUT2D eigenvalue weighted by Crippen LogP contribution is -2.45. The molecule has 1 aromatic carbocycles. The highest BCUT2D eigenvalue weighted by atomic mass is 32.1. The molecular formula is C23H26N6O2S. The molecule has 4 heterocycles. The van der Waals surface area contributed by atoms with E-state index in [-0.39, 0.29) is 6.10 Å². The molecule has 166 valence electrons. The number of hydrogen-bond donors (Lipinski definition) is 2. The van der Waals surface area contributed by atoms with E-state index in [1.54, 1.807) is 11.3 Å². The van der Waals surface area contributed by atoms with Gasteiger partial charge in [-0.25, -0.2) is 9.97 Å². The highest BCUT2D eigenvalue weighted by Crippen LogP contribution is 2.26. The van der Waals surface area contributed by atoms with Crippen molar-refractivity contribution in [2.45, 2.75) is 12.5 Å². The number of ether oxygens (including phenoxy) is 2. The van der Waals surface area contributed by atoms with Crippen LogP contribution in [0.15, 0.2) is 58.9 Å². The lowest BCUT2D eigenvalue weighted by molar-refractivity contribution is 0.0101. The molecule has 0 amide bonds. The summed E-state index contributed by atoms with van der Waals surface area (Å²) in [5, 5.41) is 9.35. The fraction of sp³-hybridized carbons (Fsp3) is 0.348.